The Bertz CT molecular complexity index is 256. The highest BCUT2D eigenvalue weighted by molar-refractivity contribution is 5.85. The van der Waals surface area contributed by atoms with Gasteiger partial charge in [-0.2, -0.15) is 0 Å². The zero-order valence-corrected chi connectivity index (χ0v) is 11.4. The molecule has 1 amide bonds. The van der Waals surface area contributed by atoms with E-state index in [9.17, 15) is 4.79 Å². The molecule has 1 fully saturated rings. The fourth-order valence-electron chi connectivity index (χ4n) is 1.72. The molecule has 1 unspecified atom stereocenters. The Morgan fingerprint density at radius 2 is 2.24 bits per heavy atom. The summed E-state index contributed by atoms with van der Waals surface area (Å²) in [5.41, 5.74) is -0.510. The normalized spacial score (nSPS) is 22.5. The number of nitrogens with zero attached hydrogens (tertiary/aromatic N) is 1. The first kappa shape index (κ1) is 14.4. The van der Waals surface area contributed by atoms with Crippen LogP contribution in [0.1, 0.15) is 20.3 Å². The Morgan fingerprint density at radius 3 is 2.82 bits per heavy atom. The first-order valence-corrected chi connectivity index (χ1v) is 6.23. The maximum atomic E-state index is 11.8. The largest absolute Gasteiger partial charge is 0.375 e. The van der Waals surface area contributed by atoms with Crippen molar-refractivity contribution in [1.82, 2.24) is 15.5 Å². The van der Waals surface area contributed by atoms with E-state index in [1.807, 2.05) is 13.8 Å². The van der Waals surface area contributed by atoms with Crippen molar-refractivity contribution in [3.05, 3.63) is 0 Å². The van der Waals surface area contributed by atoms with E-state index in [-0.39, 0.29) is 12.0 Å². The molecule has 1 aliphatic rings. The second-order valence-corrected chi connectivity index (χ2v) is 5.17. The molecule has 17 heavy (non-hydrogen) atoms. The van der Waals surface area contributed by atoms with Crippen molar-refractivity contribution in [1.29, 1.82) is 0 Å². The summed E-state index contributed by atoms with van der Waals surface area (Å²) in [4.78, 5) is 14.0. The molecule has 0 aliphatic carbocycles. The lowest BCUT2D eigenvalue weighted by Gasteiger charge is -2.30. The van der Waals surface area contributed by atoms with Gasteiger partial charge in [0.2, 0.25) is 5.91 Å². The molecule has 1 rings (SSSR count). The number of ether oxygens (including phenoxy) is 1. The van der Waals surface area contributed by atoms with Crippen LogP contribution < -0.4 is 10.6 Å². The molecule has 2 N–H and O–H groups in total. The van der Waals surface area contributed by atoms with Gasteiger partial charge in [0.25, 0.3) is 0 Å². The molecule has 0 aromatic rings. The summed E-state index contributed by atoms with van der Waals surface area (Å²) >= 11 is 0. The van der Waals surface area contributed by atoms with Crippen molar-refractivity contribution in [3.63, 3.8) is 0 Å². The van der Waals surface area contributed by atoms with Crippen LogP contribution in [0, 0.1) is 0 Å². The molecule has 0 radical (unpaired) electrons. The summed E-state index contributed by atoms with van der Waals surface area (Å²) in [6.45, 7) is 7.14. The SMILES string of the molecule is CNC(C)(C)C(=O)NCCC1CN(C)CCO1. The van der Waals surface area contributed by atoms with E-state index in [4.69, 9.17) is 4.74 Å². The topological polar surface area (TPSA) is 53.6 Å². The van der Waals surface area contributed by atoms with Crippen LogP contribution in [-0.4, -0.2) is 62.8 Å². The highest BCUT2D eigenvalue weighted by Gasteiger charge is 2.25. The van der Waals surface area contributed by atoms with Gasteiger partial charge >= 0.3 is 0 Å². The number of carbonyl (C=O) groups is 1. The van der Waals surface area contributed by atoms with Crippen LogP contribution in [-0.2, 0) is 9.53 Å². The second kappa shape index (κ2) is 6.33. The fraction of sp³-hybridized carbons (Fsp3) is 0.917. The van der Waals surface area contributed by atoms with E-state index in [1.165, 1.54) is 0 Å². The molecule has 1 saturated heterocycles. The highest BCUT2D eigenvalue weighted by atomic mass is 16.5. The summed E-state index contributed by atoms with van der Waals surface area (Å²) in [5, 5.41) is 5.92. The quantitative estimate of drug-likeness (QED) is 0.703. The monoisotopic (exact) mass is 243 g/mol. The number of hydrogen-bond donors (Lipinski definition) is 2. The van der Waals surface area contributed by atoms with Gasteiger partial charge < -0.3 is 20.3 Å². The van der Waals surface area contributed by atoms with Gasteiger partial charge in [0.05, 0.1) is 18.2 Å². The van der Waals surface area contributed by atoms with Crippen molar-refractivity contribution in [3.8, 4) is 0 Å². The van der Waals surface area contributed by atoms with Gasteiger partial charge in [0, 0.05) is 19.6 Å². The first-order chi connectivity index (χ1) is 7.95. The smallest absolute Gasteiger partial charge is 0.239 e. The summed E-state index contributed by atoms with van der Waals surface area (Å²) in [6.07, 6.45) is 1.11. The van der Waals surface area contributed by atoms with E-state index in [2.05, 4.69) is 22.6 Å². The number of nitrogens with one attached hydrogen (secondary N) is 2. The van der Waals surface area contributed by atoms with E-state index >= 15 is 0 Å². The number of carbonyl (C=O) groups excluding carboxylic acids is 1. The van der Waals surface area contributed by atoms with Crippen LogP contribution in [0.4, 0.5) is 0 Å². The van der Waals surface area contributed by atoms with E-state index in [0.717, 1.165) is 26.1 Å². The number of morpholine rings is 1. The second-order valence-electron chi connectivity index (χ2n) is 5.17. The molecule has 1 heterocycles. The average Bonchev–Trinajstić information content (AvgIpc) is 2.29. The molecule has 5 nitrogen and oxygen atoms in total. The number of likely N-dealkylation sites (N-methyl/N-ethyl adjacent to an activating group) is 2. The molecule has 100 valence electrons. The molecule has 0 aromatic carbocycles. The minimum absolute atomic E-state index is 0.0316. The zero-order valence-electron chi connectivity index (χ0n) is 11.4. The molecule has 0 spiro atoms. The minimum Gasteiger partial charge on any atom is -0.375 e. The predicted molar refractivity (Wildman–Crippen MR) is 68.0 cm³/mol. The maximum Gasteiger partial charge on any atom is 0.239 e. The Hall–Kier alpha value is -0.650. The van der Waals surface area contributed by atoms with Gasteiger partial charge in [-0.05, 0) is 34.4 Å². The zero-order chi connectivity index (χ0) is 12.9. The molecular formula is C12H25N3O2. The lowest BCUT2D eigenvalue weighted by atomic mass is 10.1. The van der Waals surface area contributed by atoms with Crippen molar-refractivity contribution < 1.29 is 9.53 Å². The average molecular weight is 243 g/mol. The fourth-order valence-corrected chi connectivity index (χ4v) is 1.72. The van der Waals surface area contributed by atoms with Crippen LogP contribution in [0.5, 0.6) is 0 Å². The van der Waals surface area contributed by atoms with E-state index in [0.29, 0.717) is 6.54 Å². The van der Waals surface area contributed by atoms with Gasteiger partial charge in [-0.25, -0.2) is 0 Å². The van der Waals surface area contributed by atoms with E-state index in [1.54, 1.807) is 7.05 Å². The Balaban J connectivity index is 2.21. The standard InChI is InChI=1S/C12H25N3O2/c1-12(2,13-3)11(16)14-6-5-10-9-15(4)7-8-17-10/h10,13H,5-9H2,1-4H3,(H,14,16). The molecule has 5 heteroatoms. The van der Waals surface area contributed by atoms with Gasteiger partial charge in [-0.1, -0.05) is 0 Å². The molecular weight excluding hydrogens is 218 g/mol. The molecule has 1 aliphatic heterocycles. The third-order valence-corrected chi connectivity index (χ3v) is 3.29. The van der Waals surface area contributed by atoms with Gasteiger partial charge in [-0.3, -0.25) is 4.79 Å². The summed E-state index contributed by atoms with van der Waals surface area (Å²) in [7, 11) is 3.89. The molecule has 1 atom stereocenters. The number of hydrogen-bond acceptors (Lipinski definition) is 4. The van der Waals surface area contributed by atoms with Crippen LogP contribution in [0.25, 0.3) is 0 Å². The lowest BCUT2D eigenvalue weighted by molar-refractivity contribution is -0.126. The minimum atomic E-state index is -0.510. The molecule has 0 saturated carbocycles. The van der Waals surface area contributed by atoms with Gasteiger partial charge in [0.15, 0.2) is 0 Å². The van der Waals surface area contributed by atoms with Crippen LogP contribution in [0.3, 0.4) is 0 Å². The maximum absolute atomic E-state index is 11.8. The van der Waals surface area contributed by atoms with Crippen LogP contribution in [0.2, 0.25) is 0 Å². The third-order valence-electron chi connectivity index (χ3n) is 3.29. The lowest BCUT2D eigenvalue weighted by Crippen LogP contribution is -2.51. The summed E-state index contributed by atoms with van der Waals surface area (Å²) in [6, 6.07) is 0. The predicted octanol–water partition coefficient (Wildman–Crippen LogP) is -0.179. The Kier molecular flexibility index (Phi) is 5.36. The molecule has 0 aromatic heterocycles. The summed E-state index contributed by atoms with van der Waals surface area (Å²) in [5.74, 6) is 0.0316. The van der Waals surface area contributed by atoms with Crippen molar-refractivity contribution in [2.45, 2.75) is 31.9 Å². The number of rotatable bonds is 5. The summed E-state index contributed by atoms with van der Waals surface area (Å²) < 4.78 is 5.63. The highest BCUT2D eigenvalue weighted by Crippen LogP contribution is 2.06. The first-order valence-electron chi connectivity index (χ1n) is 6.23. The van der Waals surface area contributed by atoms with Gasteiger partial charge in [0.1, 0.15) is 0 Å². The van der Waals surface area contributed by atoms with E-state index < -0.39 is 5.54 Å². The van der Waals surface area contributed by atoms with Crippen LogP contribution in [0.15, 0.2) is 0 Å². The molecule has 0 bridgehead atoms. The van der Waals surface area contributed by atoms with Gasteiger partial charge in [-0.15, -0.1) is 0 Å². The van der Waals surface area contributed by atoms with Crippen molar-refractivity contribution >= 4 is 5.91 Å². The van der Waals surface area contributed by atoms with Crippen molar-refractivity contribution in [2.24, 2.45) is 0 Å². The number of amides is 1. The Labute approximate surface area is 104 Å². The third kappa shape index (κ3) is 4.61. The Morgan fingerprint density at radius 1 is 1.53 bits per heavy atom. The van der Waals surface area contributed by atoms with Crippen molar-refractivity contribution in [2.75, 3.05) is 40.3 Å². The van der Waals surface area contributed by atoms with Crippen LogP contribution >= 0.6 is 0 Å².